The van der Waals surface area contributed by atoms with Crippen molar-refractivity contribution in [3.8, 4) is 0 Å². The summed E-state index contributed by atoms with van der Waals surface area (Å²) in [6.07, 6.45) is 5.66. The first-order chi connectivity index (χ1) is 10.2. The average Bonchev–Trinajstić information content (AvgIpc) is 3.09. The zero-order valence-electron chi connectivity index (χ0n) is 13.1. The van der Waals surface area contributed by atoms with E-state index in [4.69, 9.17) is 4.42 Å². The van der Waals surface area contributed by atoms with Gasteiger partial charge in [0.1, 0.15) is 5.58 Å². The second kappa shape index (κ2) is 7.16. The van der Waals surface area contributed by atoms with Crippen LogP contribution in [0.4, 0.5) is 0 Å². The van der Waals surface area contributed by atoms with Gasteiger partial charge in [-0.05, 0) is 49.6 Å². The fourth-order valence-corrected chi connectivity index (χ4v) is 2.99. The first-order valence-corrected chi connectivity index (χ1v) is 7.59. The maximum atomic E-state index is 12.3. The molecule has 0 saturated heterocycles. The maximum Gasteiger partial charge on any atom is 0.226 e. The molecular formula is C17H23ClN2O2. The van der Waals surface area contributed by atoms with Gasteiger partial charge in [0.05, 0.1) is 12.7 Å². The topological polar surface area (TPSA) is 45.5 Å². The number of benzene rings is 1. The van der Waals surface area contributed by atoms with Crippen LogP contribution in [0.15, 0.2) is 22.8 Å². The SMILES string of the molecule is CNCCN(C)C(=O)Cc1coc2cc3c(cc12)CCC3.Cl. The van der Waals surface area contributed by atoms with Crippen LogP contribution in [0.5, 0.6) is 0 Å². The van der Waals surface area contributed by atoms with Crippen LogP contribution in [0.3, 0.4) is 0 Å². The minimum atomic E-state index is 0. The summed E-state index contributed by atoms with van der Waals surface area (Å²) in [4.78, 5) is 14.0. The van der Waals surface area contributed by atoms with E-state index in [2.05, 4.69) is 17.4 Å². The molecule has 0 atom stereocenters. The van der Waals surface area contributed by atoms with Gasteiger partial charge < -0.3 is 14.6 Å². The van der Waals surface area contributed by atoms with E-state index in [1.165, 1.54) is 17.5 Å². The fourth-order valence-electron chi connectivity index (χ4n) is 2.99. The third-order valence-electron chi connectivity index (χ3n) is 4.33. The van der Waals surface area contributed by atoms with E-state index in [1.807, 2.05) is 14.1 Å². The summed E-state index contributed by atoms with van der Waals surface area (Å²) < 4.78 is 5.65. The summed E-state index contributed by atoms with van der Waals surface area (Å²) in [5, 5.41) is 4.16. The van der Waals surface area contributed by atoms with E-state index in [-0.39, 0.29) is 18.3 Å². The van der Waals surface area contributed by atoms with Crippen LogP contribution < -0.4 is 5.32 Å². The smallest absolute Gasteiger partial charge is 0.226 e. The van der Waals surface area contributed by atoms with E-state index < -0.39 is 0 Å². The third kappa shape index (κ3) is 3.28. The van der Waals surface area contributed by atoms with Crippen LogP contribution in [-0.4, -0.2) is 38.0 Å². The van der Waals surface area contributed by atoms with Gasteiger partial charge in [-0.3, -0.25) is 4.79 Å². The first-order valence-electron chi connectivity index (χ1n) is 7.59. The summed E-state index contributed by atoms with van der Waals surface area (Å²) >= 11 is 0. The minimum Gasteiger partial charge on any atom is -0.464 e. The Balaban J connectivity index is 0.00000176. The number of furan rings is 1. The Morgan fingerprint density at radius 3 is 2.77 bits per heavy atom. The van der Waals surface area contributed by atoms with E-state index in [9.17, 15) is 4.79 Å². The predicted molar refractivity (Wildman–Crippen MR) is 90.8 cm³/mol. The van der Waals surface area contributed by atoms with Gasteiger partial charge in [-0.15, -0.1) is 12.4 Å². The normalized spacial score (nSPS) is 13.0. The molecule has 120 valence electrons. The Morgan fingerprint density at radius 1 is 1.32 bits per heavy atom. The van der Waals surface area contributed by atoms with Crippen molar-refractivity contribution < 1.29 is 9.21 Å². The number of carbonyl (C=O) groups is 1. The van der Waals surface area contributed by atoms with Crippen LogP contribution >= 0.6 is 12.4 Å². The van der Waals surface area contributed by atoms with Gasteiger partial charge in [-0.25, -0.2) is 0 Å². The number of fused-ring (bicyclic) bond motifs is 2. The number of amides is 1. The average molecular weight is 323 g/mol. The second-order valence-electron chi connectivity index (χ2n) is 5.83. The van der Waals surface area contributed by atoms with Gasteiger partial charge >= 0.3 is 0 Å². The number of nitrogens with one attached hydrogen (secondary N) is 1. The molecule has 1 aliphatic carbocycles. The molecule has 0 aliphatic heterocycles. The highest BCUT2D eigenvalue weighted by molar-refractivity contribution is 5.88. The molecule has 0 unspecified atom stereocenters. The number of aryl methyl sites for hydroxylation is 2. The van der Waals surface area contributed by atoms with Crippen molar-refractivity contribution in [2.45, 2.75) is 25.7 Å². The molecule has 0 spiro atoms. The number of carbonyl (C=O) groups excluding carboxylic acids is 1. The largest absolute Gasteiger partial charge is 0.464 e. The molecule has 0 bridgehead atoms. The maximum absolute atomic E-state index is 12.3. The molecule has 1 aromatic carbocycles. The molecule has 0 saturated carbocycles. The lowest BCUT2D eigenvalue weighted by atomic mass is 10.0. The number of halogens is 1. The summed E-state index contributed by atoms with van der Waals surface area (Å²) in [6, 6.07) is 4.37. The summed E-state index contributed by atoms with van der Waals surface area (Å²) in [5.41, 5.74) is 4.74. The van der Waals surface area contributed by atoms with Gasteiger partial charge in [-0.1, -0.05) is 0 Å². The zero-order valence-corrected chi connectivity index (χ0v) is 14.0. The number of likely N-dealkylation sites (N-methyl/N-ethyl adjacent to an activating group) is 2. The Morgan fingerprint density at radius 2 is 2.05 bits per heavy atom. The molecule has 4 nitrogen and oxygen atoms in total. The van der Waals surface area contributed by atoms with Crippen molar-refractivity contribution in [2.75, 3.05) is 27.2 Å². The molecule has 1 heterocycles. The first kappa shape index (κ1) is 16.8. The van der Waals surface area contributed by atoms with Crippen molar-refractivity contribution in [3.63, 3.8) is 0 Å². The van der Waals surface area contributed by atoms with E-state index in [1.54, 1.807) is 11.2 Å². The monoisotopic (exact) mass is 322 g/mol. The van der Waals surface area contributed by atoms with Gasteiger partial charge in [0.25, 0.3) is 0 Å². The van der Waals surface area contributed by atoms with Crippen molar-refractivity contribution in [3.05, 3.63) is 35.1 Å². The molecule has 1 aliphatic rings. The Kier molecular flexibility index (Phi) is 5.48. The quantitative estimate of drug-likeness (QED) is 0.920. The van der Waals surface area contributed by atoms with E-state index in [0.29, 0.717) is 6.42 Å². The molecule has 3 rings (SSSR count). The van der Waals surface area contributed by atoms with Crippen molar-refractivity contribution >= 4 is 29.3 Å². The number of nitrogens with zero attached hydrogens (tertiary/aromatic N) is 1. The molecule has 0 radical (unpaired) electrons. The Labute approximate surface area is 137 Å². The lowest BCUT2D eigenvalue weighted by Crippen LogP contribution is -2.33. The number of hydrogen-bond donors (Lipinski definition) is 1. The van der Waals surface area contributed by atoms with Crippen molar-refractivity contribution in [1.82, 2.24) is 10.2 Å². The van der Waals surface area contributed by atoms with Gasteiger partial charge in [0, 0.05) is 31.1 Å². The number of rotatable bonds is 5. The van der Waals surface area contributed by atoms with E-state index in [0.717, 1.165) is 42.5 Å². The molecule has 22 heavy (non-hydrogen) atoms. The highest BCUT2D eigenvalue weighted by Crippen LogP contribution is 2.30. The molecule has 1 amide bonds. The molecule has 2 aromatic rings. The van der Waals surface area contributed by atoms with Crippen molar-refractivity contribution in [1.29, 1.82) is 0 Å². The van der Waals surface area contributed by atoms with Gasteiger partial charge in [0.15, 0.2) is 0 Å². The predicted octanol–water partition coefficient (Wildman–Crippen LogP) is 2.56. The zero-order chi connectivity index (χ0) is 14.8. The van der Waals surface area contributed by atoms with Crippen LogP contribution in [0.2, 0.25) is 0 Å². The van der Waals surface area contributed by atoms with Crippen LogP contribution in [0.1, 0.15) is 23.1 Å². The van der Waals surface area contributed by atoms with Gasteiger partial charge in [-0.2, -0.15) is 0 Å². The summed E-state index contributed by atoms with van der Waals surface area (Å²) in [5.74, 6) is 0.133. The lowest BCUT2D eigenvalue weighted by Gasteiger charge is -2.16. The van der Waals surface area contributed by atoms with Gasteiger partial charge in [0.2, 0.25) is 5.91 Å². The fraction of sp³-hybridized carbons (Fsp3) is 0.471. The summed E-state index contributed by atoms with van der Waals surface area (Å²) in [6.45, 7) is 1.53. The third-order valence-corrected chi connectivity index (χ3v) is 4.33. The molecule has 1 aromatic heterocycles. The summed E-state index contributed by atoms with van der Waals surface area (Å²) in [7, 11) is 3.74. The Bertz CT molecular complexity index is 666. The lowest BCUT2D eigenvalue weighted by molar-refractivity contribution is -0.129. The van der Waals surface area contributed by atoms with Crippen LogP contribution in [0.25, 0.3) is 11.0 Å². The molecular weight excluding hydrogens is 300 g/mol. The van der Waals surface area contributed by atoms with E-state index >= 15 is 0 Å². The highest BCUT2D eigenvalue weighted by Gasteiger charge is 2.17. The van der Waals surface area contributed by atoms with Crippen molar-refractivity contribution in [2.24, 2.45) is 0 Å². The minimum absolute atomic E-state index is 0. The highest BCUT2D eigenvalue weighted by atomic mass is 35.5. The molecule has 1 N–H and O–H groups in total. The molecule has 0 fully saturated rings. The van der Waals surface area contributed by atoms with Crippen LogP contribution in [0, 0.1) is 0 Å². The Hall–Kier alpha value is -1.52. The second-order valence-corrected chi connectivity index (χ2v) is 5.83. The van der Waals surface area contributed by atoms with Crippen LogP contribution in [-0.2, 0) is 24.1 Å². The standard InChI is InChI=1S/C17H22N2O2.ClH/c1-18-6-7-19(2)17(20)10-14-11-21-16-9-13-5-3-4-12(13)8-15(14)16;/h8-9,11,18H,3-7,10H2,1-2H3;1H. The molecule has 5 heteroatoms. The number of hydrogen-bond acceptors (Lipinski definition) is 3.